The molecule has 1 aliphatic rings. The summed E-state index contributed by atoms with van der Waals surface area (Å²) >= 11 is 0. The predicted molar refractivity (Wildman–Crippen MR) is 108 cm³/mol. The third-order valence-electron chi connectivity index (χ3n) is 5.51. The summed E-state index contributed by atoms with van der Waals surface area (Å²) in [6, 6.07) is 12.2. The van der Waals surface area contributed by atoms with Crippen molar-refractivity contribution < 1.29 is 18.7 Å². The van der Waals surface area contributed by atoms with E-state index in [1.165, 1.54) is 50.7 Å². The van der Waals surface area contributed by atoms with E-state index in [0.29, 0.717) is 18.1 Å². The van der Waals surface area contributed by atoms with Crippen molar-refractivity contribution >= 4 is 5.97 Å². The van der Waals surface area contributed by atoms with Crippen molar-refractivity contribution in [2.45, 2.75) is 45.4 Å². The van der Waals surface area contributed by atoms with E-state index >= 15 is 0 Å². The molecule has 152 valence electrons. The fraction of sp³-hybridized carbons (Fsp3) is 0.417. The Balaban J connectivity index is 1.49. The standard InChI is InChI=1S/C24H26FNO3/c1-2-3-17-4-6-18(7-5-17)16-28-21-11-8-19(9-12-21)24(27)29-22-13-10-20(15-26)23(25)14-22/h8-14,17-18H,2-7,16H2,1H3/t17-,18-. The Hall–Kier alpha value is -2.87. The lowest BCUT2D eigenvalue weighted by molar-refractivity contribution is 0.0734. The van der Waals surface area contributed by atoms with Crippen LogP contribution in [-0.2, 0) is 0 Å². The first-order chi connectivity index (χ1) is 14.1. The number of carbonyl (C=O) groups is 1. The molecular weight excluding hydrogens is 369 g/mol. The molecule has 0 aromatic heterocycles. The van der Waals surface area contributed by atoms with Crippen LogP contribution in [0.3, 0.4) is 0 Å². The van der Waals surface area contributed by atoms with E-state index in [2.05, 4.69) is 6.92 Å². The zero-order valence-electron chi connectivity index (χ0n) is 16.7. The van der Waals surface area contributed by atoms with Gasteiger partial charge in [0.05, 0.1) is 17.7 Å². The third-order valence-corrected chi connectivity index (χ3v) is 5.51. The highest BCUT2D eigenvalue weighted by Gasteiger charge is 2.21. The fourth-order valence-corrected chi connectivity index (χ4v) is 3.81. The van der Waals surface area contributed by atoms with Crippen molar-refractivity contribution in [2.24, 2.45) is 11.8 Å². The molecule has 3 rings (SSSR count). The van der Waals surface area contributed by atoms with Crippen molar-refractivity contribution in [1.82, 2.24) is 0 Å². The first-order valence-corrected chi connectivity index (χ1v) is 10.2. The normalized spacial score (nSPS) is 18.7. The lowest BCUT2D eigenvalue weighted by atomic mass is 9.80. The molecule has 0 unspecified atom stereocenters. The van der Waals surface area contributed by atoms with E-state index in [1.54, 1.807) is 30.3 Å². The number of halogens is 1. The maximum Gasteiger partial charge on any atom is 0.343 e. The topological polar surface area (TPSA) is 59.3 Å². The van der Waals surface area contributed by atoms with Gasteiger partial charge < -0.3 is 9.47 Å². The van der Waals surface area contributed by atoms with Gasteiger partial charge in [-0.05, 0) is 61.1 Å². The minimum Gasteiger partial charge on any atom is -0.493 e. The van der Waals surface area contributed by atoms with Gasteiger partial charge in [0.15, 0.2) is 0 Å². The number of hydrogen-bond donors (Lipinski definition) is 0. The monoisotopic (exact) mass is 395 g/mol. The van der Waals surface area contributed by atoms with Crippen LogP contribution in [0.15, 0.2) is 42.5 Å². The molecular formula is C24H26FNO3. The van der Waals surface area contributed by atoms with Gasteiger partial charge >= 0.3 is 5.97 Å². The van der Waals surface area contributed by atoms with Crippen molar-refractivity contribution in [2.75, 3.05) is 6.61 Å². The lowest BCUT2D eigenvalue weighted by Gasteiger charge is -2.28. The quantitative estimate of drug-likeness (QED) is 0.432. The molecule has 5 heteroatoms. The number of esters is 1. The summed E-state index contributed by atoms with van der Waals surface area (Å²) in [7, 11) is 0. The lowest BCUT2D eigenvalue weighted by Crippen LogP contribution is -2.20. The van der Waals surface area contributed by atoms with Gasteiger partial charge in [0, 0.05) is 6.07 Å². The van der Waals surface area contributed by atoms with Gasteiger partial charge in [0.2, 0.25) is 0 Å². The molecule has 0 saturated heterocycles. The minimum atomic E-state index is -0.717. The molecule has 29 heavy (non-hydrogen) atoms. The Labute approximate surface area is 171 Å². The van der Waals surface area contributed by atoms with Crippen LogP contribution in [0.2, 0.25) is 0 Å². The summed E-state index contributed by atoms with van der Waals surface area (Å²) in [6.45, 7) is 2.95. The molecule has 1 saturated carbocycles. The smallest absolute Gasteiger partial charge is 0.343 e. The van der Waals surface area contributed by atoms with Crippen LogP contribution in [0, 0.1) is 29.0 Å². The Kier molecular flexibility index (Phi) is 7.24. The number of nitrogens with zero attached hydrogens (tertiary/aromatic N) is 1. The predicted octanol–water partition coefficient (Wildman–Crippen LogP) is 5.90. The summed E-state index contributed by atoms with van der Waals surface area (Å²) in [5.41, 5.74) is 0.257. The molecule has 0 radical (unpaired) electrons. The molecule has 0 atom stereocenters. The maximum absolute atomic E-state index is 13.6. The van der Waals surface area contributed by atoms with E-state index in [9.17, 15) is 9.18 Å². The Morgan fingerprint density at radius 2 is 1.72 bits per heavy atom. The maximum atomic E-state index is 13.6. The van der Waals surface area contributed by atoms with Gasteiger partial charge in [0.25, 0.3) is 0 Å². The van der Waals surface area contributed by atoms with E-state index in [1.807, 2.05) is 0 Å². The van der Waals surface area contributed by atoms with Gasteiger partial charge in [-0.2, -0.15) is 5.26 Å². The third kappa shape index (κ3) is 5.80. The van der Waals surface area contributed by atoms with Crippen LogP contribution in [0.1, 0.15) is 61.4 Å². The molecule has 0 spiro atoms. The van der Waals surface area contributed by atoms with E-state index in [-0.39, 0.29) is 11.3 Å². The second-order valence-electron chi connectivity index (χ2n) is 7.65. The Morgan fingerprint density at radius 1 is 1.07 bits per heavy atom. The molecule has 0 heterocycles. The van der Waals surface area contributed by atoms with Crippen LogP contribution < -0.4 is 9.47 Å². The van der Waals surface area contributed by atoms with Gasteiger partial charge in [-0.25, -0.2) is 9.18 Å². The second kappa shape index (κ2) is 10.1. The van der Waals surface area contributed by atoms with Crippen molar-refractivity contribution in [3.05, 3.63) is 59.4 Å². The van der Waals surface area contributed by atoms with Gasteiger partial charge in [-0.1, -0.05) is 32.6 Å². The van der Waals surface area contributed by atoms with Crippen LogP contribution in [0.5, 0.6) is 11.5 Å². The second-order valence-corrected chi connectivity index (χ2v) is 7.65. The number of ether oxygens (including phenoxy) is 2. The molecule has 4 nitrogen and oxygen atoms in total. The van der Waals surface area contributed by atoms with Crippen molar-refractivity contribution in [1.29, 1.82) is 5.26 Å². The van der Waals surface area contributed by atoms with Crippen molar-refractivity contribution in [3.8, 4) is 17.6 Å². The first kappa shape index (κ1) is 20.9. The van der Waals surface area contributed by atoms with E-state index < -0.39 is 11.8 Å². The molecule has 2 aromatic carbocycles. The Morgan fingerprint density at radius 3 is 2.34 bits per heavy atom. The zero-order valence-corrected chi connectivity index (χ0v) is 16.7. The summed E-state index contributed by atoms with van der Waals surface area (Å²) < 4.78 is 24.7. The number of hydrogen-bond acceptors (Lipinski definition) is 4. The number of benzene rings is 2. The Bertz CT molecular complexity index is 865. The van der Waals surface area contributed by atoms with Gasteiger partial charge in [0.1, 0.15) is 23.4 Å². The minimum absolute atomic E-state index is 0.0607. The number of nitriles is 1. The fourth-order valence-electron chi connectivity index (χ4n) is 3.81. The van der Waals surface area contributed by atoms with Crippen LogP contribution in [0.4, 0.5) is 4.39 Å². The van der Waals surface area contributed by atoms with E-state index in [0.717, 1.165) is 17.7 Å². The van der Waals surface area contributed by atoms with Crippen LogP contribution in [-0.4, -0.2) is 12.6 Å². The molecule has 1 fully saturated rings. The highest BCUT2D eigenvalue weighted by atomic mass is 19.1. The SMILES string of the molecule is CCC[C@H]1CC[C@H](COc2ccc(C(=O)Oc3ccc(C#N)c(F)c3)cc2)CC1. The largest absolute Gasteiger partial charge is 0.493 e. The summed E-state index contributed by atoms with van der Waals surface area (Å²) in [6.07, 6.45) is 7.62. The summed E-state index contributed by atoms with van der Waals surface area (Å²) in [4.78, 5) is 12.2. The summed E-state index contributed by atoms with van der Waals surface area (Å²) in [5.74, 6) is 0.956. The van der Waals surface area contributed by atoms with E-state index in [4.69, 9.17) is 14.7 Å². The average Bonchev–Trinajstić information content (AvgIpc) is 2.74. The first-order valence-electron chi connectivity index (χ1n) is 10.2. The van der Waals surface area contributed by atoms with Gasteiger partial charge in [-0.3, -0.25) is 0 Å². The summed E-state index contributed by atoms with van der Waals surface area (Å²) in [5, 5.41) is 8.75. The highest BCUT2D eigenvalue weighted by molar-refractivity contribution is 5.91. The highest BCUT2D eigenvalue weighted by Crippen LogP contribution is 2.32. The average molecular weight is 395 g/mol. The van der Waals surface area contributed by atoms with Gasteiger partial charge in [-0.15, -0.1) is 0 Å². The molecule has 0 N–H and O–H groups in total. The molecule has 0 aliphatic heterocycles. The number of carbonyl (C=O) groups excluding carboxylic acids is 1. The molecule has 0 amide bonds. The molecule has 0 bridgehead atoms. The van der Waals surface area contributed by atoms with Crippen molar-refractivity contribution in [3.63, 3.8) is 0 Å². The zero-order chi connectivity index (χ0) is 20.6. The van der Waals surface area contributed by atoms with Crippen LogP contribution in [0.25, 0.3) is 0 Å². The molecule has 1 aliphatic carbocycles. The van der Waals surface area contributed by atoms with Crippen LogP contribution >= 0.6 is 0 Å². The number of rotatable bonds is 7. The molecule has 2 aromatic rings.